The first-order valence-corrected chi connectivity index (χ1v) is 5.36. The summed E-state index contributed by atoms with van der Waals surface area (Å²) in [7, 11) is 0. The van der Waals surface area contributed by atoms with Crippen LogP contribution >= 0.6 is 11.6 Å². The zero-order valence-corrected chi connectivity index (χ0v) is 9.60. The van der Waals surface area contributed by atoms with Crippen LogP contribution in [0.25, 0.3) is 0 Å². The Labute approximate surface area is 94.2 Å². The Balaban J connectivity index is 2.48. The third kappa shape index (κ3) is 2.00. The third-order valence-corrected chi connectivity index (χ3v) is 2.93. The fourth-order valence-electron chi connectivity index (χ4n) is 1.80. The summed E-state index contributed by atoms with van der Waals surface area (Å²) in [4.78, 5) is 10.7. The van der Waals surface area contributed by atoms with Gasteiger partial charge in [0, 0.05) is 5.56 Å². The number of aryl methyl sites for hydroxylation is 1. The first-order valence-electron chi connectivity index (χ1n) is 4.98. The molecule has 0 N–H and O–H groups in total. The molecule has 0 saturated heterocycles. The molecule has 1 aliphatic heterocycles. The lowest BCUT2D eigenvalue weighted by Crippen LogP contribution is -2.32. The summed E-state index contributed by atoms with van der Waals surface area (Å²) in [6.45, 7) is 4.08. The maximum Gasteiger partial charge on any atom is 0.150 e. The number of benzene rings is 1. The SMILES string of the molecule is CC1(C)CCc2cc(C=O)cc(Cl)c2O1. The lowest BCUT2D eigenvalue weighted by molar-refractivity contribution is 0.0848. The summed E-state index contributed by atoms with van der Waals surface area (Å²) in [6.07, 6.45) is 2.66. The molecule has 3 heteroatoms. The Morgan fingerprint density at radius 2 is 2.20 bits per heavy atom. The van der Waals surface area contributed by atoms with Gasteiger partial charge in [0.05, 0.1) is 5.02 Å². The van der Waals surface area contributed by atoms with E-state index in [-0.39, 0.29) is 5.60 Å². The van der Waals surface area contributed by atoms with Crippen molar-refractivity contribution in [3.8, 4) is 5.75 Å². The van der Waals surface area contributed by atoms with Crippen LogP contribution in [0.5, 0.6) is 5.75 Å². The Bertz CT molecular complexity index is 410. The summed E-state index contributed by atoms with van der Waals surface area (Å²) in [5, 5.41) is 0.530. The van der Waals surface area contributed by atoms with Crippen molar-refractivity contribution >= 4 is 17.9 Å². The topological polar surface area (TPSA) is 26.3 Å². The molecule has 2 nitrogen and oxygen atoms in total. The van der Waals surface area contributed by atoms with E-state index in [4.69, 9.17) is 16.3 Å². The molecule has 0 aromatic heterocycles. The molecule has 0 aliphatic carbocycles. The molecule has 80 valence electrons. The van der Waals surface area contributed by atoms with Crippen molar-refractivity contribution in [1.29, 1.82) is 0 Å². The van der Waals surface area contributed by atoms with Crippen LogP contribution in [0.4, 0.5) is 0 Å². The van der Waals surface area contributed by atoms with Gasteiger partial charge in [-0.1, -0.05) is 11.6 Å². The molecular formula is C12H13ClO2. The second-order valence-electron chi connectivity index (χ2n) is 4.47. The molecular weight excluding hydrogens is 212 g/mol. The van der Waals surface area contributed by atoms with E-state index in [0.29, 0.717) is 10.6 Å². The quantitative estimate of drug-likeness (QED) is 0.685. The van der Waals surface area contributed by atoms with Gasteiger partial charge >= 0.3 is 0 Å². The van der Waals surface area contributed by atoms with Crippen molar-refractivity contribution in [3.05, 3.63) is 28.3 Å². The Morgan fingerprint density at radius 1 is 1.47 bits per heavy atom. The Kier molecular flexibility index (Phi) is 2.47. The van der Waals surface area contributed by atoms with Crippen LogP contribution in [-0.4, -0.2) is 11.9 Å². The second-order valence-corrected chi connectivity index (χ2v) is 4.88. The lowest BCUT2D eigenvalue weighted by atomic mass is 9.93. The predicted octanol–water partition coefficient (Wildman–Crippen LogP) is 3.26. The molecule has 1 aliphatic rings. The van der Waals surface area contributed by atoms with Crippen molar-refractivity contribution in [1.82, 2.24) is 0 Å². The molecule has 1 aromatic carbocycles. The normalized spacial score (nSPS) is 17.8. The summed E-state index contributed by atoms with van der Waals surface area (Å²) in [5.41, 5.74) is 1.48. The molecule has 0 fully saturated rings. The lowest BCUT2D eigenvalue weighted by Gasteiger charge is -2.33. The standard InChI is InChI=1S/C12H13ClO2/c1-12(2)4-3-9-5-8(7-14)6-10(13)11(9)15-12/h5-7H,3-4H2,1-2H3. The first-order chi connectivity index (χ1) is 7.02. The second kappa shape index (κ2) is 3.53. The van der Waals surface area contributed by atoms with E-state index in [1.165, 1.54) is 0 Å². The van der Waals surface area contributed by atoms with Gasteiger partial charge < -0.3 is 4.74 Å². The predicted molar refractivity (Wildman–Crippen MR) is 59.9 cm³/mol. The van der Waals surface area contributed by atoms with E-state index in [9.17, 15) is 4.79 Å². The third-order valence-electron chi connectivity index (χ3n) is 2.65. The molecule has 0 amide bonds. The monoisotopic (exact) mass is 224 g/mol. The van der Waals surface area contributed by atoms with Gasteiger partial charge in [0.1, 0.15) is 17.6 Å². The minimum absolute atomic E-state index is 0.167. The van der Waals surface area contributed by atoms with Crippen molar-refractivity contribution in [2.75, 3.05) is 0 Å². The highest BCUT2D eigenvalue weighted by molar-refractivity contribution is 6.32. The zero-order chi connectivity index (χ0) is 11.1. The van der Waals surface area contributed by atoms with Gasteiger partial charge in [-0.3, -0.25) is 4.79 Å². The van der Waals surface area contributed by atoms with E-state index in [1.54, 1.807) is 6.07 Å². The largest absolute Gasteiger partial charge is 0.486 e. The van der Waals surface area contributed by atoms with E-state index >= 15 is 0 Å². The van der Waals surface area contributed by atoms with Gasteiger partial charge in [-0.2, -0.15) is 0 Å². The maximum atomic E-state index is 10.7. The van der Waals surface area contributed by atoms with E-state index in [2.05, 4.69) is 0 Å². The number of ether oxygens (including phenoxy) is 1. The highest BCUT2D eigenvalue weighted by atomic mass is 35.5. The molecule has 0 spiro atoms. The number of hydrogen-bond donors (Lipinski definition) is 0. The number of halogens is 1. The van der Waals surface area contributed by atoms with Crippen molar-refractivity contribution in [2.45, 2.75) is 32.3 Å². The first kappa shape index (κ1) is 10.5. The molecule has 0 saturated carbocycles. The van der Waals surface area contributed by atoms with Crippen LogP contribution < -0.4 is 4.74 Å². The maximum absolute atomic E-state index is 10.7. The van der Waals surface area contributed by atoms with Gasteiger partial charge in [-0.05, 0) is 44.4 Å². The van der Waals surface area contributed by atoms with E-state index in [1.807, 2.05) is 19.9 Å². The van der Waals surface area contributed by atoms with Gasteiger partial charge in [0.25, 0.3) is 0 Å². The molecule has 1 aromatic rings. The van der Waals surface area contributed by atoms with Crippen LogP contribution in [-0.2, 0) is 6.42 Å². The molecule has 15 heavy (non-hydrogen) atoms. The highest BCUT2D eigenvalue weighted by Crippen LogP contribution is 2.38. The summed E-state index contributed by atoms with van der Waals surface area (Å²) >= 11 is 6.07. The fraction of sp³-hybridized carbons (Fsp3) is 0.417. The molecule has 2 rings (SSSR count). The molecule has 0 unspecified atom stereocenters. The smallest absolute Gasteiger partial charge is 0.150 e. The van der Waals surface area contributed by atoms with Crippen LogP contribution in [0.2, 0.25) is 5.02 Å². The minimum Gasteiger partial charge on any atom is -0.486 e. The average molecular weight is 225 g/mol. The summed E-state index contributed by atoms with van der Waals surface area (Å²) < 4.78 is 5.80. The van der Waals surface area contributed by atoms with Crippen LogP contribution in [0.15, 0.2) is 12.1 Å². The Hall–Kier alpha value is -1.02. The number of aldehydes is 1. The summed E-state index contributed by atoms with van der Waals surface area (Å²) in [5.74, 6) is 0.735. The number of fused-ring (bicyclic) bond motifs is 1. The molecule has 0 bridgehead atoms. The fourth-order valence-corrected chi connectivity index (χ4v) is 2.09. The van der Waals surface area contributed by atoms with Gasteiger partial charge in [0.15, 0.2) is 0 Å². The summed E-state index contributed by atoms with van der Waals surface area (Å²) in [6, 6.07) is 3.50. The van der Waals surface area contributed by atoms with Gasteiger partial charge in [-0.15, -0.1) is 0 Å². The van der Waals surface area contributed by atoms with Crippen LogP contribution in [0.1, 0.15) is 36.2 Å². The highest BCUT2D eigenvalue weighted by Gasteiger charge is 2.28. The zero-order valence-electron chi connectivity index (χ0n) is 8.84. The average Bonchev–Trinajstić information content (AvgIpc) is 2.18. The minimum atomic E-state index is -0.167. The van der Waals surface area contributed by atoms with Crippen LogP contribution in [0.3, 0.4) is 0 Å². The van der Waals surface area contributed by atoms with Crippen molar-refractivity contribution in [3.63, 3.8) is 0 Å². The van der Waals surface area contributed by atoms with Crippen LogP contribution in [0, 0.1) is 0 Å². The van der Waals surface area contributed by atoms with Gasteiger partial charge in [0.2, 0.25) is 0 Å². The van der Waals surface area contributed by atoms with E-state index < -0.39 is 0 Å². The van der Waals surface area contributed by atoms with Crippen molar-refractivity contribution in [2.24, 2.45) is 0 Å². The number of carbonyl (C=O) groups excluding carboxylic acids is 1. The van der Waals surface area contributed by atoms with Gasteiger partial charge in [-0.25, -0.2) is 0 Å². The molecule has 0 radical (unpaired) electrons. The Morgan fingerprint density at radius 3 is 2.87 bits per heavy atom. The molecule has 0 atom stereocenters. The number of carbonyl (C=O) groups is 1. The van der Waals surface area contributed by atoms with E-state index in [0.717, 1.165) is 30.4 Å². The molecule has 1 heterocycles. The van der Waals surface area contributed by atoms with Crippen molar-refractivity contribution < 1.29 is 9.53 Å². The number of rotatable bonds is 1. The number of hydrogen-bond acceptors (Lipinski definition) is 2.